The molecular formula is C20H16N3O. The zero-order valence-electron chi connectivity index (χ0n) is 13.3. The second-order valence-electron chi connectivity index (χ2n) is 5.40. The summed E-state index contributed by atoms with van der Waals surface area (Å²) in [5.74, 6) is 1.47. The molecule has 0 aromatic heterocycles. The molecule has 1 heterocycles. The van der Waals surface area contributed by atoms with Gasteiger partial charge in [0.15, 0.2) is 5.84 Å². The van der Waals surface area contributed by atoms with E-state index < -0.39 is 0 Å². The molecule has 4 nitrogen and oxygen atoms in total. The highest BCUT2D eigenvalue weighted by molar-refractivity contribution is 6.04. The molecule has 24 heavy (non-hydrogen) atoms. The van der Waals surface area contributed by atoms with E-state index in [1.807, 2.05) is 83.9 Å². The Bertz CT molecular complexity index is 876. The van der Waals surface area contributed by atoms with Crippen LogP contribution in [-0.4, -0.2) is 12.9 Å². The number of nitrogens with zero attached hydrogens (tertiary/aromatic N) is 3. The van der Waals surface area contributed by atoms with E-state index in [4.69, 9.17) is 15.2 Å². The summed E-state index contributed by atoms with van der Waals surface area (Å²) in [4.78, 5) is 4.72. The number of hydrogen-bond donors (Lipinski definition) is 0. The van der Waals surface area contributed by atoms with Crippen LogP contribution in [0.4, 0.5) is 17.1 Å². The molecule has 0 saturated carbocycles. The third-order valence-corrected chi connectivity index (χ3v) is 3.86. The van der Waals surface area contributed by atoms with Crippen LogP contribution in [0.5, 0.6) is 5.75 Å². The normalized spacial score (nSPS) is 12.9. The van der Waals surface area contributed by atoms with Crippen molar-refractivity contribution in [2.75, 3.05) is 12.1 Å². The Hall–Kier alpha value is -3.27. The average molecular weight is 314 g/mol. The third kappa shape index (κ3) is 2.58. The molecule has 0 spiro atoms. The number of methoxy groups -OCH3 is 1. The fourth-order valence-corrected chi connectivity index (χ4v) is 2.65. The van der Waals surface area contributed by atoms with Crippen LogP contribution >= 0.6 is 0 Å². The van der Waals surface area contributed by atoms with Crippen LogP contribution < -0.4 is 15.2 Å². The largest absolute Gasteiger partial charge is 0.497 e. The first kappa shape index (κ1) is 14.3. The van der Waals surface area contributed by atoms with Gasteiger partial charge in [-0.3, -0.25) is 0 Å². The number of para-hydroxylation sites is 1. The summed E-state index contributed by atoms with van der Waals surface area (Å²) in [6, 6.07) is 25.9. The van der Waals surface area contributed by atoms with Gasteiger partial charge in [0, 0.05) is 11.6 Å². The standard InChI is InChI=1S/C20H16N3O/c1-24-17-12-13-18-19(14-17)23(16-10-6-3-7-11-16)22-20(21-18)15-8-4-2-5-9-15/h2-14H,1H3. The number of rotatable bonds is 3. The van der Waals surface area contributed by atoms with Crippen LogP contribution in [0.1, 0.15) is 5.56 Å². The summed E-state index contributed by atoms with van der Waals surface area (Å²) in [5, 5.41) is 1.91. The van der Waals surface area contributed by atoms with E-state index in [9.17, 15) is 0 Å². The van der Waals surface area contributed by atoms with Crippen molar-refractivity contribution in [3.8, 4) is 5.75 Å². The topological polar surface area (TPSA) is 38.9 Å². The second kappa shape index (κ2) is 6.08. The van der Waals surface area contributed by atoms with Crippen molar-refractivity contribution in [1.82, 2.24) is 5.43 Å². The van der Waals surface area contributed by atoms with Gasteiger partial charge < -0.3 is 4.74 Å². The van der Waals surface area contributed by atoms with E-state index in [0.717, 1.165) is 28.4 Å². The number of benzene rings is 3. The van der Waals surface area contributed by atoms with Crippen molar-refractivity contribution in [3.05, 3.63) is 84.4 Å². The highest BCUT2D eigenvalue weighted by Crippen LogP contribution is 2.39. The van der Waals surface area contributed by atoms with Crippen LogP contribution in [0, 0.1) is 0 Å². The fraction of sp³-hybridized carbons (Fsp3) is 0.0500. The van der Waals surface area contributed by atoms with Gasteiger partial charge in [0.2, 0.25) is 0 Å². The molecule has 4 rings (SSSR count). The molecule has 0 saturated heterocycles. The molecule has 1 aliphatic heterocycles. The summed E-state index contributed by atoms with van der Waals surface area (Å²) in [7, 11) is 1.66. The SMILES string of the molecule is COc1ccc2c(c1)N(c1ccccc1)[N]C(c1ccccc1)=N2. The quantitative estimate of drug-likeness (QED) is 0.716. The molecule has 4 heteroatoms. The smallest absolute Gasteiger partial charge is 0.180 e. The Kier molecular flexibility index (Phi) is 3.63. The molecule has 117 valence electrons. The van der Waals surface area contributed by atoms with Gasteiger partial charge in [-0.05, 0) is 24.3 Å². The molecule has 3 aromatic carbocycles. The molecule has 1 radical (unpaired) electrons. The van der Waals surface area contributed by atoms with Crippen molar-refractivity contribution in [2.45, 2.75) is 0 Å². The molecule has 0 fully saturated rings. The minimum atomic E-state index is 0.692. The van der Waals surface area contributed by atoms with Crippen molar-refractivity contribution in [3.63, 3.8) is 0 Å². The van der Waals surface area contributed by atoms with Crippen LogP contribution in [0.3, 0.4) is 0 Å². The molecule has 3 aromatic rings. The number of aliphatic imine (C=N–C) groups is 1. The molecule has 0 N–H and O–H groups in total. The van der Waals surface area contributed by atoms with Gasteiger partial charge in [-0.1, -0.05) is 48.5 Å². The second-order valence-corrected chi connectivity index (χ2v) is 5.40. The Morgan fingerprint density at radius 2 is 1.54 bits per heavy atom. The first-order valence-corrected chi connectivity index (χ1v) is 7.74. The number of hydrogen-bond acceptors (Lipinski definition) is 3. The van der Waals surface area contributed by atoms with Crippen LogP contribution in [0.15, 0.2) is 83.9 Å². The minimum Gasteiger partial charge on any atom is -0.497 e. The maximum absolute atomic E-state index is 5.36. The van der Waals surface area contributed by atoms with Gasteiger partial charge in [-0.15, -0.1) is 5.43 Å². The molecule has 1 aliphatic rings. The predicted molar refractivity (Wildman–Crippen MR) is 96.3 cm³/mol. The van der Waals surface area contributed by atoms with Gasteiger partial charge in [0.05, 0.1) is 24.2 Å². The van der Waals surface area contributed by atoms with Crippen molar-refractivity contribution in [1.29, 1.82) is 0 Å². The average Bonchev–Trinajstić information content (AvgIpc) is 2.68. The van der Waals surface area contributed by atoms with E-state index in [0.29, 0.717) is 5.84 Å². The van der Waals surface area contributed by atoms with Gasteiger partial charge in [-0.25, -0.2) is 10.0 Å². The highest BCUT2D eigenvalue weighted by Gasteiger charge is 2.23. The molecular weight excluding hydrogens is 298 g/mol. The van der Waals surface area contributed by atoms with E-state index >= 15 is 0 Å². The first-order chi connectivity index (χ1) is 11.8. The monoisotopic (exact) mass is 314 g/mol. The van der Waals surface area contributed by atoms with Gasteiger partial charge in [0.25, 0.3) is 0 Å². The maximum atomic E-state index is 5.36. The minimum absolute atomic E-state index is 0.692. The lowest BCUT2D eigenvalue weighted by Crippen LogP contribution is -2.35. The van der Waals surface area contributed by atoms with Crippen LogP contribution in [0.2, 0.25) is 0 Å². The zero-order valence-corrected chi connectivity index (χ0v) is 13.3. The lowest BCUT2D eigenvalue weighted by Gasteiger charge is -2.29. The van der Waals surface area contributed by atoms with E-state index in [1.165, 1.54) is 0 Å². The highest BCUT2D eigenvalue weighted by atomic mass is 16.5. The van der Waals surface area contributed by atoms with E-state index in [2.05, 4.69) is 0 Å². The Labute approximate surface area is 141 Å². The first-order valence-electron chi connectivity index (χ1n) is 7.74. The van der Waals surface area contributed by atoms with Crippen molar-refractivity contribution >= 4 is 22.9 Å². The molecule has 0 bridgehead atoms. The van der Waals surface area contributed by atoms with Gasteiger partial charge in [0.1, 0.15) is 5.75 Å². The van der Waals surface area contributed by atoms with Crippen molar-refractivity contribution < 1.29 is 4.74 Å². The Morgan fingerprint density at radius 1 is 0.833 bits per heavy atom. The Morgan fingerprint density at radius 3 is 2.25 bits per heavy atom. The van der Waals surface area contributed by atoms with Crippen LogP contribution in [-0.2, 0) is 0 Å². The predicted octanol–water partition coefficient (Wildman–Crippen LogP) is 4.44. The summed E-state index contributed by atoms with van der Waals surface area (Å²) < 4.78 is 5.36. The number of amidine groups is 1. The molecule has 0 unspecified atom stereocenters. The summed E-state index contributed by atoms with van der Waals surface area (Å²) >= 11 is 0. The summed E-state index contributed by atoms with van der Waals surface area (Å²) in [6.07, 6.45) is 0. The van der Waals surface area contributed by atoms with Gasteiger partial charge >= 0.3 is 0 Å². The lowest BCUT2D eigenvalue weighted by molar-refractivity contribution is 0.415. The summed E-state index contributed by atoms with van der Waals surface area (Å²) in [5.41, 5.74) is 8.51. The number of anilines is 2. The molecule has 0 aliphatic carbocycles. The van der Waals surface area contributed by atoms with E-state index in [-0.39, 0.29) is 0 Å². The molecule has 0 amide bonds. The third-order valence-electron chi connectivity index (χ3n) is 3.86. The Balaban J connectivity index is 1.85. The maximum Gasteiger partial charge on any atom is 0.180 e. The number of ether oxygens (including phenoxy) is 1. The molecule has 0 atom stereocenters. The van der Waals surface area contributed by atoms with Crippen LogP contribution in [0.25, 0.3) is 0 Å². The summed E-state index contributed by atoms with van der Waals surface area (Å²) in [6.45, 7) is 0. The van der Waals surface area contributed by atoms with Crippen molar-refractivity contribution in [2.24, 2.45) is 4.99 Å². The van der Waals surface area contributed by atoms with Gasteiger partial charge in [-0.2, -0.15) is 0 Å². The fourth-order valence-electron chi connectivity index (χ4n) is 2.65. The van der Waals surface area contributed by atoms with E-state index in [1.54, 1.807) is 7.11 Å². The number of fused-ring (bicyclic) bond motifs is 1. The lowest BCUT2D eigenvalue weighted by atomic mass is 10.1. The zero-order chi connectivity index (χ0) is 16.4.